The first-order valence-electron chi connectivity index (χ1n) is 5.12. The normalized spacial score (nSPS) is 9.94. The zero-order chi connectivity index (χ0) is 13.1. The maximum Gasteiger partial charge on any atom is 0.325 e. The van der Waals surface area contributed by atoms with Crippen LogP contribution in [0.1, 0.15) is 5.56 Å². The molecule has 0 saturated heterocycles. The number of H-pyrrole nitrogens is 1. The Morgan fingerprint density at radius 1 is 1.39 bits per heavy atom. The minimum Gasteiger partial charge on any atom is -0.480 e. The summed E-state index contributed by atoms with van der Waals surface area (Å²) in [5.41, 5.74) is 1.11. The molecule has 1 heterocycles. The van der Waals surface area contributed by atoms with Crippen molar-refractivity contribution in [2.24, 2.45) is 0 Å². The summed E-state index contributed by atoms with van der Waals surface area (Å²) < 4.78 is 1.01. The molecule has 0 fully saturated rings. The lowest BCUT2D eigenvalue weighted by Gasteiger charge is -1.96. The van der Waals surface area contributed by atoms with Crippen LogP contribution in [0.15, 0.2) is 35.3 Å². The highest BCUT2D eigenvalue weighted by atomic mass is 16.4. The molecule has 0 atom stereocenters. The molecule has 1 aromatic carbocycles. The van der Waals surface area contributed by atoms with Crippen LogP contribution in [-0.4, -0.2) is 20.9 Å². The van der Waals surface area contributed by atoms with Crippen LogP contribution < -0.4 is 5.56 Å². The Bertz CT molecular complexity index is 674. The van der Waals surface area contributed by atoms with E-state index in [1.807, 2.05) is 6.07 Å². The van der Waals surface area contributed by atoms with Gasteiger partial charge in [-0.1, -0.05) is 12.1 Å². The molecule has 6 nitrogen and oxygen atoms in total. The predicted molar refractivity (Wildman–Crippen MR) is 62.8 cm³/mol. The first kappa shape index (κ1) is 11.7. The van der Waals surface area contributed by atoms with Gasteiger partial charge >= 0.3 is 5.97 Å². The molecule has 1 aromatic heterocycles. The number of nitriles is 1. The van der Waals surface area contributed by atoms with Crippen LogP contribution in [0.2, 0.25) is 0 Å². The number of aliphatic carboxylic acids is 1. The Labute approximate surface area is 102 Å². The van der Waals surface area contributed by atoms with E-state index in [2.05, 4.69) is 5.10 Å². The second-order valence-corrected chi connectivity index (χ2v) is 3.66. The Morgan fingerprint density at radius 2 is 2.06 bits per heavy atom. The number of nitrogens with one attached hydrogen (secondary N) is 1. The number of hydrogen-bond acceptors (Lipinski definition) is 3. The van der Waals surface area contributed by atoms with Gasteiger partial charge in [0.2, 0.25) is 0 Å². The minimum atomic E-state index is -1.09. The monoisotopic (exact) mass is 243 g/mol. The molecular formula is C12H9N3O3. The Hall–Kier alpha value is -2.81. The van der Waals surface area contributed by atoms with Crippen molar-refractivity contribution in [3.63, 3.8) is 0 Å². The minimum absolute atomic E-state index is 0.376. The molecule has 0 unspecified atom stereocenters. The summed E-state index contributed by atoms with van der Waals surface area (Å²) >= 11 is 0. The highest BCUT2D eigenvalue weighted by molar-refractivity contribution is 5.67. The van der Waals surface area contributed by atoms with E-state index in [0.29, 0.717) is 16.7 Å². The molecule has 0 aliphatic heterocycles. The van der Waals surface area contributed by atoms with Crippen LogP contribution in [0.25, 0.3) is 11.1 Å². The van der Waals surface area contributed by atoms with E-state index in [9.17, 15) is 9.59 Å². The number of nitrogens with zero attached hydrogens (tertiary/aromatic N) is 2. The largest absolute Gasteiger partial charge is 0.480 e. The lowest BCUT2D eigenvalue weighted by molar-refractivity contribution is -0.137. The summed E-state index contributed by atoms with van der Waals surface area (Å²) in [5, 5.41) is 19.9. The molecule has 0 amide bonds. The summed E-state index contributed by atoms with van der Waals surface area (Å²) in [6, 6.07) is 8.48. The number of carboxylic acids is 1. The van der Waals surface area contributed by atoms with E-state index in [1.54, 1.807) is 24.3 Å². The standard InChI is InChI=1S/C12H9N3O3/c13-5-8-1-3-9(4-2-8)10-6-14-15(12(10)18)7-11(16)17/h1-4,6,14H,7H2,(H,16,17). The molecule has 0 aliphatic rings. The zero-order valence-corrected chi connectivity index (χ0v) is 9.25. The van der Waals surface area contributed by atoms with Crippen molar-refractivity contribution in [1.29, 1.82) is 5.26 Å². The van der Waals surface area contributed by atoms with Gasteiger partial charge in [-0.3, -0.25) is 9.59 Å². The first-order valence-corrected chi connectivity index (χ1v) is 5.12. The Balaban J connectivity index is 2.39. The Morgan fingerprint density at radius 3 is 2.61 bits per heavy atom. The van der Waals surface area contributed by atoms with Gasteiger partial charge < -0.3 is 10.2 Å². The summed E-state index contributed by atoms with van der Waals surface area (Å²) in [7, 11) is 0. The average Bonchev–Trinajstić information content (AvgIpc) is 2.71. The lowest BCUT2D eigenvalue weighted by atomic mass is 10.1. The van der Waals surface area contributed by atoms with Crippen molar-refractivity contribution in [3.8, 4) is 17.2 Å². The molecule has 90 valence electrons. The molecule has 2 aromatic rings. The van der Waals surface area contributed by atoms with Gasteiger partial charge in [0.25, 0.3) is 5.56 Å². The van der Waals surface area contributed by atoms with Crippen molar-refractivity contribution in [3.05, 3.63) is 46.4 Å². The third-order valence-corrected chi connectivity index (χ3v) is 2.46. The van der Waals surface area contributed by atoms with E-state index in [1.165, 1.54) is 6.20 Å². The van der Waals surface area contributed by atoms with Crippen molar-refractivity contribution in [2.45, 2.75) is 6.54 Å². The topological polar surface area (TPSA) is 98.9 Å². The maximum absolute atomic E-state index is 11.9. The van der Waals surface area contributed by atoms with Crippen LogP contribution in [0.3, 0.4) is 0 Å². The van der Waals surface area contributed by atoms with Gasteiger partial charge in [0.05, 0.1) is 17.2 Å². The van der Waals surface area contributed by atoms with E-state index in [-0.39, 0.29) is 0 Å². The van der Waals surface area contributed by atoms with Crippen LogP contribution >= 0.6 is 0 Å². The number of aromatic amines is 1. The number of hydrogen-bond donors (Lipinski definition) is 2. The summed E-state index contributed by atoms with van der Waals surface area (Å²) in [6.07, 6.45) is 1.45. The van der Waals surface area contributed by atoms with Crippen molar-refractivity contribution in [1.82, 2.24) is 9.78 Å². The quantitative estimate of drug-likeness (QED) is 0.832. The van der Waals surface area contributed by atoms with Gasteiger partial charge in [-0.25, -0.2) is 4.68 Å². The summed E-state index contributed by atoms with van der Waals surface area (Å²) in [6.45, 7) is -0.408. The van der Waals surface area contributed by atoms with E-state index < -0.39 is 18.1 Å². The fraction of sp³-hybridized carbons (Fsp3) is 0.0833. The van der Waals surface area contributed by atoms with Crippen LogP contribution in [0, 0.1) is 11.3 Å². The third kappa shape index (κ3) is 2.15. The van der Waals surface area contributed by atoms with E-state index >= 15 is 0 Å². The zero-order valence-electron chi connectivity index (χ0n) is 9.25. The SMILES string of the molecule is N#Cc1ccc(-c2c[nH]n(CC(=O)O)c2=O)cc1. The van der Waals surface area contributed by atoms with Gasteiger partial charge in [-0.2, -0.15) is 5.26 Å². The van der Waals surface area contributed by atoms with E-state index in [4.69, 9.17) is 10.4 Å². The van der Waals surface area contributed by atoms with E-state index in [0.717, 1.165) is 4.68 Å². The summed E-state index contributed by atoms with van der Waals surface area (Å²) in [5.74, 6) is -1.09. The fourth-order valence-corrected chi connectivity index (χ4v) is 1.59. The van der Waals surface area contributed by atoms with Crippen molar-refractivity contribution < 1.29 is 9.90 Å². The molecule has 0 saturated carbocycles. The molecule has 0 radical (unpaired) electrons. The molecule has 6 heteroatoms. The molecule has 2 rings (SSSR count). The molecule has 2 N–H and O–H groups in total. The second kappa shape index (κ2) is 4.59. The van der Waals surface area contributed by atoms with Crippen molar-refractivity contribution >= 4 is 5.97 Å². The van der Waals surface area contributed by atoms with Crippen LogP contribution in [-0.2, 0) is 11.3 Å². The van der Waals surface area contributed by atoms with Gasteiger partial charge in [0, 0.05) is 6.20 Å². The summed E-state index contributed by atoms with van der Waals surface area (Å²) in [4.78, 5) is 22.4. The van der Waals surface area contributed by atoms with Gasteiger partial charge in [-0.05, 0) is 17.7 Å². The van der Waals surface area contributed by atoms with Crippen LogP contribution in [0.5, 0.6) is 0 Å². The van der Waals surface area contributed by atoms with Crippen molar-refractivity contribution in [2.75, 3.05) is 0 Å². The first-order chi connectivity index (χ1) is 8.61. The van der Waals surface area contributed by atoms with Gasteiger partial charge in [0.15, 0.2) is 0 Å². The number of aromatic nitrogens is 2. The lowest BCUT2D eigenvalue weighted by Crippen LogP contribution is -2.22. The fourth-order valence-electron chi connectivity index (χ4n) is 1.59. The smallest absolute Gasteiger partial charge is 0.325 e. The molecule has 0 aliphatic carbocycles. The molecule has 0 bridgehead atoms. The maximum atomic E-state index is 11.9. The molecule has 18 heavy (non-hydrogen) atoms. The average molecular weight is 243 g/mol. The molecule has 0 spiro atoms. The predicted octanol–water partition coefficient (Wildman–Crippen LogP) is 0.800. The molecular weight excluding hydrogens is 234 g/mol. The van der Waals surface area contributed by atoms with Gasteiger partial charge in [0.1, 0.15) is 6.54 Å². The highest BCUT2D eigenvalue weighted by Crippen LogP contribution is 2.15. The number of carboxylic acid groups (broad SMARTS) is 1. The highest BCUT2D eigenvalue weighted by Gasteiger charge is 2.10. The Kier molecular flexibility index (Phi) is 2.98. The van der Waals surface area contributed by atoms with Crippen LogP contribution in [0.4, 0.5) is 0 Å². The second-order valence-electron chi connectivity index (χ2n) is 3.66. The third-order valence-electron chi connectivity index (χ3n) is 2.46. The number of rotatable bonds is 3. The van der Waals surface area contributed by atoms with Gasteiger partial charge in [-0.15, -0.1) is 0 Å². The number of benzene rings is 1. The number of carbonyl (C=O) groups is 1.